The molecule has 0 spiro atoms. The van der Waals surface area contributed by atoms with Gasteiger partial charge in [-0.05, 0) is 24.6 Å². The van der Waals surface area contributed by atoms with Crippen molar-refractivity contribution in [1.29, 1.82) is 10.5 Å². The molecule has 0 aromatic heterocycles. The lowest BCUT2D eigenvalue weighted by Gasteiger charge is -2.06. The molecule has 0 saturated heterocycles. The number of nitriles is 2. The minimum Gasteiger partial charge on any atom is -0.351 e. The monoisotopic (exact) mass is 213 g/mol. The van der Waals surface area contributed by atoms with Gasteiger partial charge in [-0.25, -0.2) is 0 Å². The van der Waals surface area contributed by atoms with Gasteiger partial charge < -0.3 is 5.32 Å². The molecule has 1 aromatic rings. The van der Waals surface area contributed by atoms with E-state index in [2.05, 4.69) is 5.32 Å². The van der Waals surface area contributed by atoms with Crippen LogP contribution in [0, 0.1) is 28.6 Å². The van der Waals surface area contributed by atoms with Crippen LogP contribution in [-0.2, 0) is 11.3 Å². The first-order valence-corrected chi connectivity index (χ1v) is 4.83. The highest BCUT2D eigenvalue weighted by atomic mass is 16.1. The van der Waals surface area contributed by atoms with Gasteiger partial charge in [-0.1, -0.05) is 12.1 Å². The standard InChI is InChI=1S/C12H11N3O/c1-9(6-13)12(16)15-8-11-4-2-3-10(5-11)7-14/h2-5,9H,8H2,1H3,(H,15,16). The van der Waals surface area contributed by atoms with Gasteiger partial charge in [0.1, 0.15) is 5.92 Å². The second-order valence-electron chi connectivity index (χ2n) is 3.38. The average molecular weight is 213 g/mol. The van der Waals surface area contributed by atoms with E-state index in [9.17, 15) is 4.79 Å². The van der Waals surface area contributed by atoms with Crippen LogP contribution in [0.15, 0.2) is 24.3 Å². The molecule has 0 aliphatic rings. The molecule has 1 atom stereocenters. The van der Waals surface area contributed by atoms with Crippen molar-refractivity contribution < 1.29 is 4.79 Å². The van der Waals surface area contributed by atoms with E-state index in [4.69, 9.17) is 10.5 Å². The Kier molecular flexibility index (Phi) is 4.06. The minimum atomic E-state index is -0.654. The van der Waals surface area contributed by atoms with Crippen LogP contribution in [0.2, 0.25) is 0 Å². The predicted molar refractivity (Wildman–Crippen MR) is 57.8 cm³/mol. The van der Waals surface area contributed by atoms with E-state index >= 15 is 0 Å². The number of nitrogens with one attached hydrogen (secondary N) is 1. The normalized spacial score (nSPS) is 10.9. The van der Waals surface area contributed by atoms with E-state index in [0.29, 0.717) is 12.1 Å². The summed E-state index contributed by atoms with van der Waals surface area (Å²) in [6.07, 6.45) is 0. The fourth-order valence-electron chi connectivity index (χ4n) is 1.15. The molecule has 0 saturated carbocycles. The number of benzene rings is 1. The van der Waals surface area contributed by atoms with Crippen molar-refractivity contribution in [3.05, 3.63) is 35.4 Å². The number of carbonyl (C=O) groups is 1. The van der Waals surface area contributed by atoms with Gasteiger partial charge in [0.15, 0.2) is 0 Å². The molecule has 1 aromatic carbocycles. The Bertz CT molecular complexity index is 468. The van der Waals surface area contributed by atoms with Crippen molar-refractivity contribution in [1.82, 2.24) is 5.32 Å². The summed E-state index contributed by atoms with van der Waals surface area (Å²) in [5, 5.41) is 19.8. The lowest BCUT2D eigenvalue weighted by Crippen LogP contribution is -2.27. The topological polar surface area (TPSA) is 76.7 Å². The molecule has 4 heteroatoms. The summed E-state index contributed by atoms with van der Waals surface area (Å²) in [6.45, 7) is 1.88. The van der Waals surface area contributed by atoms with Crippen molar-refractivity contribution >= 4 is 5.91 Å². The largest absolute Gasteiger partial charge is 0.351 e. The third kappa shape index (κ3) is 3.11. The number of amides is 1. The lowest BCUT2D eigenvalue weighted by atomic mass is 10.1. The van der Waals surface area contributed by atoms with Crippen LogP contribution in [0.3, 0.4) is 0 Å². The van der Waals surface area contributed by atoms with Crippen molar-refractivity contribution in [3.63, 3.8) is 0 Å². The van der Waals surface area contributed by atoms with Crippen LogP contribution in [-0.4, -0.2) is 5.91 Å². The summed E-state index contributed by atoms with van der Waals surface area (Å²) in [6, 6.07) is 10.9. The first-order valence-electron chi connectivity index (χ1n) is 4.83. The molecule has 1 unspecified atom stereocenters. The molecule has 1 rings (SSSR count). The number of hydrogen-bond acceptors (Lipinski definition) is 3. The van der Waals surface area contributed by atoms with Gasteiger partial charge in [0.25, 0.3) is 0 Å². The van der Waals surface area contributed by atoms with Gasteiger partial charge in [-0.15, -0.1) is 0 Å². The maximum absolute atomic E-state index is 11.3. The summed E-state index contributed by atoms with van der Waals surface area (Å²) in [7, 11) is 0. The molecule has 1 amide bonds. The first kappa shape index (κ1) is 11.7. The fraction of sp³-hybridized carbons (Fsp3) is 0.250. The van der Waals surface area contributed by atoms with Crippen molar-refractivity contribution in [2.24, 2.45) is 5.92 Å². The third-order valence-corrected chi connectivity index (χ3v) is 2.11. The van der Waals surface area contributed by atoms with Crippen LogP contribution in [0.5, 0.6) is 0 Å². The molecule has 0 bridgehead atoms. The zero-order valence-corrected chi connectivity index (χ0v) is 8.90. The van der Waals surface area contributed by atoms with E-state index in [-0.39, 0.29) is 5.91 Å². The quantitative estimate of drug-likeness (QED) is 0.822. The van der Waals surface area contributed by atoms with Crippen molar-refractivity contribution in [2.45, 2.75) is 13.5 Å². The highest BCUT2D eigenvalue weighted by Crippen LogP contribution is 2.04. The summed E-state index contributed by atoms with van der Waals surface area (Å²) in [5.41, 5.74) is 1.40. The second-order valence-corrected chi connectivity index (χ2v) is 3.38. The number of hydrogen-bond donors (Lipinski definition) is 1. The van der Waals surface area contributed by atoms with Gasteiger partial charge in [0, 0.05) is 6.54 Å². The van der Waals surface area contributed by atoms with E-state index in [0.717, 1.165) is 5.56 Å². The Morgan fingerprint density at radius 3 is 2.88 bits per heavy atom. The number of nitrogens with zero attached hydrogens (tertiary/aromatic N) is 2. The van der Waals surface area contributed by atoms with Crippen molar-refractivity contribution in [3.8, 4) is 12.1 Å². The summed E-state index contributed by atoms with van der Waals surface area (Å²) < 4.78 is 0. The highest BCUT2D eigenvalue weighted by Gasteiger charge is 2.10. The Morgan fingerprint density at radius 1 is 1.50 bits per heavy atom. The average Bonchev–Trinajstić information content (AvgIpc) is 2.35. The van der Waals surface area contributed by atoms with Crippen LogP contribution in [0.4, 0.5) is 0 Å². The smallest absolute Gasteiger partial charge is 0.237 e. The Morgan fingerprint density at radius 2 is 2.25 bits per heavy atom. The summed E-state index contributed by atoms with van der Waals surface area (Å²) in [4.78, 5) is 11.3. The van der Waals surface area contributed by atoms with Gasteiger partial charge in [-0.3, -0.25) is 4.79 Å². The maximum atomic E-state index is 11.3. The first-order chi connectivity index (χ1) is 7.67. The molecule has 0 aliphatic carbocycles. The van der Waals surface area contributed by atoms with E-state index in [1.54, 1.807) is 25.1 Å². The SMILES string of the molecule is CC(C#N)C(=O)NCc1cccc(C#N)c1. The van der Waals surface area contributed by atoms with E-state index in [1.807, 2.05) is 18.2 Å². The molecule has 0 fully saturated rings. The maximum Gasteiger partial charge on any atom is 0.237 e. The van der Waals surface area contributed by atoms with Gasteiger partial charge in [-0.2, -0.15) is 10.5 Å². The molecule has 0 aliphatic heterocycles. The van der Waals surface area contributed by atoms with Crippen LogP contribution in [0.25, 0.3) is 0 Å². The van der Waals surface area contributed by atoms with Gasteiger partial charge in [0.05, 0.1) is 17.7 Å². The highest BCUT2D eigenvalue weighted by molar-refractivity contribution is 5.80. The molecular formula is C12H11N3O. The molecule has 4 nitrogen and oxygen atoms in total. The second kappa shape index (κ2) is 5.53. The molecule has 1 N–H and O–H groups in total. The molecule has 80 valence electrons. The van der Waals surface area contributed by atoms with Crippen LogP contribution in [0.1, 0.15) is 18.1 Å². The fourth-order valence-corrected chi connectivity index (χ4v) is 1.15. The van der Waals surface area contributed by atoms with E-state index < -0.39 is 5.92 Å². The lowest BCUT2D eigenvalue weighted by molar-refractivity contribution is -0.123. The molecule has 0 radical (unpaired) electrons. The third-order valence-electron chi connectivity index (χ3n) is 2.11. The van der Waals surface area contributed by atoms with E-state index in [1.165, 1.54) is 0 Å². The van der Waals surface area contributed by atoms with Crippen LogP contribution >= 0.6 is 0 Å². The Hall–Kier alpha value is -2.33. The Labute approximate surface area is 94.1 Å². The summed E-state index contributed by atoms with van der Waals surface area (Å²) >= 11 is 0. The summed E-state index contributed by atoms with van der Waals surface area (Å²) in [5.74, 6) is -0.955. The number of rotatable bonds is 3. The zero-order valence-electron chi connectivity index (χ0n) is 8.90. The van der Waals surface area contributed by atoms with Crippen molar-refractivity contribution in [2.75, 3.05) is 0 Å². The van der Waals surface area contributed by atoms with Crippen LogP contribution < -0.4 is 5.32 Å². The molecular weight excluding hydrogens is 202 g/mol. The number of carbonyl (C=O) groups excluding carboxylic acids is 1. The minimum absolute atomic E-state index is 0.301. The predicted octanol–water partition coefficient (Wildman–Crippen LogP) is 1.33. The Balaban J connectivity index is 2.59. The van der Waals surface area contributed by atoms with Gasteiger partial charge in [0.2, 0.25) is 5.91 Å². The zero-order chi connectivity index (χ0) is 12.0. The van der Waals surface area contributed by atoms with Gasteiger partial charge >= 0.3 is 0 Å². The molecule has 0 heterocycles. The molecule has 16 heavy (non-hydrogen) atoms.